The van der Waals surface area contributed by atoms with Gasteiger partial charge in [-0.25, -0.2) is 0 Å². The molecule has 0 atom stereocenters. The molecule has 0 fully saturated rings. The van der Waals surface area contributed by atoms with Crippen molar-refractivity contribution in [1.29, 1.82) is 0 Å². The van der Waals surface area contributed by atoms with Crippen molar-refractivity contribution >= 4 is 15.6 Å². The molecule has 126 valence electrons. The van der Waals surface area contributed by atoms with Gasteiger partial charge in [0.25, 0.3) is 0 Å². The second kappa shape index (κ2) is 26.1. The Balaban J connectivity index is -0.00000000889. The zero-order valence-electron chi connectivity index (χ0n) is 8.11. The van der Waals surface area contributed by atoms with Crippen LogP contribution in [0.3, 0.4) is 0 Å². The molecule has 0 unspecified atom stereocenters. The first-order chi connectivity index (χ1) is 3.71. The summed E-state index contributed by atoms with van der Waals surface area (Å²) in [6, 6.07) is 0. The van der Waals surface area contributed by atoms with E-state index in [0.29, 0.717) is 0 Å². The van der Waals surface area contributed by atoms with Crippen LogP contribution < -0.4 is 19.6 Å². The molecule has 15 nitrogen and oxygen atoms in total. The fourth-order valence-electron chi connectivity index (χ4n) is 0.122. The molecule has 0 saturated heterocycles. The van der Waals surface area contributed by atoms with Crippen LogP contribution in [0.5, 0.6) is 0 Å². The Hall–Kier alpha value is 0.459. The van der Waals surface area contributed by atoms with Crippen LogP contribution in [-0.2, 0) is 30.5 Å². The Labute approximate surface area is 110 Å². The molecular formula is H16FeO15P2-2. The summed E-state index contributed by atoms with van der Waals surface area (Å²) in [7, 11) is -11.4. The van der Waals surface area contributed by atoms with Crippen molar-refractivity contribution in [2.45, 2.75) is 0 Å². The van der Waals surface area contributed by atoms with Crippen LogP contribution in [0, 0.1) is 0 Å². The minimum atomic E-state index is -5.68. The summed E-state index contributed by atoms with van der Waals surface area (Å²) in [5, 5.41) is 0. The summed E-state index contributed by atoms with van der Waals surface area (Å²) >= 11 is 0. The number of phosphoric acid groups is 2. The van der Waals surface area contributed by atoms with Gasteiger partial charge in [-0.1, -0.05) is 0 Å². The van der Waals surface area contributed by atoms with Gasteiger partial charge >= 0.3 is 17.1 Å². The van der Waals surface area contributed by atoms with Crippen molar-refractivity contribution in [2.24, 2.45) is 0 Å². The van der Waals surface area contributed by atoms with Crippen LogP contribution in [0.1, 0.15) is 0 Å². The van der Waals surface area contributed by atoms with Gasteiger partial charge in [0.2, 0.25) is 0 Å². The third-order valence-electron chi connectivity index (χ3n) is 0.200. The van der Waals surface area contributed by atoms with Gasteiger partial charge in [0, 0.05) is 0 Å². The fourth-order valence-corrected chi connectivity index (χ4v) is 1.10. The van der Waals surface area contributed by atoms with Crippen molar-refractivity contribution in [3.63, 3.8) is 0 Å². The molecular weight excluding hydrogens is 358 g/mol. The predicted molar refractivity (Wildman–Crippen MR) is 45.2 cm³/mol. The van der Waals surface area contributed by atoms with Crippen molar-refractivity contribution in [2.75, 3.05) is 0 Å². The third kappa shape index (κ3) is 94.3. The molecule has 0 saturated carbocycles. The van der Waals surface area contributed by atoms with E-state index in [1.807, 2.05) is 0 Å². The average molecular weight is 374 g/mol. The second-order valence-corrected chi connectivity index (χ2v) is 3.42. The molecule has 16 N–H and O–H groups in total. The van der Waals surface area contributed by atoms with Crippen LogP contribution in [0.25, 0.3) is 0 Å². The normalized spacial score (nSPS) is 6.89. The van der Waals surface area contributed by atoms with E-state index in [4.69, 9.17) is 0 Å². The molecule has 0 spiro atoms. The van der Waals surface area contributed by atoms with E-state index in [1.165, 1.54) is 0 Å². The fraction of sp³-hybridized carbons (Fsp3) is 0. The van der Waals surface area contributed by atoms with Gasteiger partial charge in [0.15, 0.2) is 0 Å². The van der Waals surface area contributed by atoms with Gasteiger partial charge in [-0.05, 0) is 0 Å². The van der Waals surface area contributed by atoms with E-state index in [1.54, 1.807) is 0 Å². The van der Waals surface area contributed by atoms with Gasteiger partial charge in [-0.2, -0.15) is 0 Å². The molecule has 18 heteroatoms. The topological polar surface area (TPSA) is 388 Å². The maximum atomic E-state index is 9.32. The molecule has 0 heterocycles. The number of rotatable bonds is 2. The molecule has 0 radical (unpaired) electrons. The summed E-state index contributed by atoms with van der Waals surface area (Å²) in [6.07, 6.45) is 0. The summed E-state index contributed by atoms with van der Waals surface area (Å²) in [5.74, 6) is 0. The van der Waals surface area contributed by atoms with Crippen LogP contribution >= 0.6 is 15.6 Å². The predicted octanol–water partition coefficient (Wildman–Crippen LogP) is -9.94. The summed E-state index contributed by atoms with van der Waals surface area (Å²) in [5.41, 5.74) is 0. The Kier molecular flexibility index (Phi) is 114. The van der Waals surface area contributed by atoms with E-state index in [0.717, 1.165) is 0 Å². The van der Waals surface area contributed by atoms with Crippen molar-refractivity contribution in [3.05, 3.63) is 0 Å². The summed E-state index contributed by atoms with van der Waals surface area (Å²) < 4.78 is 21.2. The van der Waals surface area contributed by atoms with E-state index in [-0.39, 0.29) is 60.9 Å². The molecule has 18 heavy (non-hydrogen) atoms. The van der Waals surface area contributed by atoms with Crippen LogP contribution in [0.15, 0.2) is 0 Å². The molecule has 0 aromatic carbocycles. The molecule has 0 aliphatic carbocycles. The van der Waals surface area contributed by atoms with Crippen molar-refractivity contribution in [3.8, 4) is 0 Å². The second-order valence-electron chi connectivity index (χ2n) is 0.976. The maximum Gasteiger partial charge on any atom is 2.00 e. The Bertz CT molecular complexity index is 155. The van der Waals surface area contributed by atoms with Crippen LogP contribution in [0.4, 0.5) is 0 Å². The standard InChI is InChI=1S/Fe.H4O7P2.8H2O/c;1-8(2,3)7-9(4,5)6;;;;;;;;/h;(H2,1,2,3)(H2,4,5,6);8*1H2/q+2;;;;;;;;;/p-4. The van der Waals surface area contributed by atoms with Gasteiger partial charge in [-0.15, -0.1) is 0 Å². The van der Waals surface area contributed by atoms with Crippen LogP contribution in [-0.4, -0.2) is 43.8 Å². The molecule has 0 aliphatic heterocycles. The Morgan fingerprint density at radius 3 is 0.667 bits per heavy atom. The first kappa shape index (κ1) is 78.6. The molecule has 0 aromatic rings. The minimum absolute atomic E-state index is 0. The number of hydrogen-bond acceptors (Lipinski definition) is 7. The zero-order valence-corrected chi connectivity index (χ0v) is 11.0. The number of hydrogen-bond donors (Lipinski definition) is 0. The Morgan fingerprint density at radius 1 is 0.556 bits per heavy atom. The van der Waals surface area contributed by atoms with Crippen LogP contribution in [0.2, 0.25) is 0 Å². The molecule has 0 rings (SSSR count). The molecule has 0 aromatic heterocycles. The smallest absolute Gasteiger partial charge is 0.790 e. The van der Waals surface area contributed by atoms with Gasteiger partial charge in [-0.3, -0.25) is 0 Å². The maximum absolute atomic E-state index is 9.32. The van der Waals surface area contributed by atoms with Gasteiger partial charge < -0.3 is 76.8 Å². The van der Waals surface area contributed by atoms with Crippen molar-refractivity contribution < 1.29 is 93.9 Å². The van der Waals surface area contributed by atoms with Gasteiger partial charge in [0.05, 0.1) is 15.6 Å². The molecule has 0 bridgehead atoms. The third-order valence-corrected chi connectivity index (χ3v) is 1.80. The summed E-state index contributed by atoms with van der Waals surface area (Å²) in [4.78, 5) is 37.3. The quantitative estimate of drug-likeness (QED) is 0.331. The summed E-state index contributed by atoms with van der Waals surface area (Å²) in [6.45, 7) is 0. The monoisotopic (exact) mass is 374 g/mol. The van der Waals surface area contributed by atoms with E-state index in [2.05, 4.69) is 4.31 Å². The van der Waals surface area contributed by atoms with E-state index in [9.17, 15) is 28.7 Å². The van der Waals surface area contributed by atoms with E-state index < -0.39 is 15.6 Å². The zero-order chi connectivity index (χ0) is 7.71. The average Bonchev–Trinajstić information content (AvgIpc) is 1.14. The van der Waals surface area contributed by atoms with Gasteiger partial charge in [0.1, 0.15) is 0 Å². The van der Waals surface area contributed by atoms with Crippen molar-refractivity contribution in [1.82, 2.24) is 0 Å². The Morgan fingerprint density at radius 2 is 0.667 bits per heavy atom. The SMILES string of the molecule is O.O.O.O.O.O.O.O.O=P([O-])([O-])OP(=O)([O-])[O-].[Fe+2]. The minimum Gasteiger partial charge on any atom is -0.790 e. The molecule has 0 aliphatic rings. The molecule has 0 amide bonds. The van der Waals surface area contributed by atoms with E-state index >= 15 is 0 Å². The largest absolute Gasteiger partial charge is 2.00 e. The first-order valence-electron chi connectivity index (χ1n) is 1.46. The first-order valence-corrected chi connectivity index (χ1v) is 4.38.